The maximum atomic E-state index is 14.0. The Morgan fingerprint density at radius 3 is 2.35 bits per heavy atom. The van der Waals surface area contributed by atoms with Crippen LogP contribution < -0.4 is 10.5 Å². The summed E-state index contributed by atoms with van der Waals surface area (Å²) in [6.07, 6.45) is 0.649. The van der Waals surface area contributed by atoms with Gasteiger partial charge in [0, 0.05) is 5.02 Å². The van der Waals surface area contributed by atoms with Crippen molar-refractivity contribution in [3.8, 4) is 11.5 Å². The molecular formula is C16H17ClFNO. The van der Waals surface area contributed by atoms with Gasteiger partial charge in [0.1, 0.15) is 5.75 Å². The average Bonchev–Trinajstić information content (AvgIpc) is 2.36. The lowest BCUT2D eigenvalue weighted by Crippen LogP contribution is -2.03. The number of hydrogen-bond donors (Lipinski definition) is 1. The second-order valence-corrected chi connectivity index (χ2v) is 5.21. The van der Waals surface area contributed by atoms with Gasteiger partial charge in [-0.1, -0.05) is 17.7 Å². The van der Waals surface area contributed by atoms with Crippen molar-refractivity contribution in [2.75, 3.05) is 6.54 Å². The summed E-state index contributed by atoms with van der Waals surface area (Å²) in [5.74, 6) is 0.462. The Kier molecular flexibility index (Phi) is 4.63. The molecule has 2 aromatic rings. The van der Waals surface area contributed by atoms with E-state index in [-0.39, 0.29) is 11.6 Å². The van der Waals surface area contributed by atoms with Gasteiger partial charge in [0.25, 0.3) is 0 Å². The van der Waals surface area contributed by atoms with Crippen LogP contribution in [0.25, 0.3) is 0 Å². The first-order chi connectivity index (χ1) is 9.51. The molecule has 0 fully saturated rings. The maximum absolute atomic E-state index is 14.0. The van der Waals surface area contributed by atoms with Gasteiger partial charge < -0.3 is 10.5 Å². The number of rotatable bonds is 4. The summed E-state index contributed by atoms with van der Waals surface area (Å²) in [4.78, 5) is 0. The molecule has 0 spiro atoms. The molecule has 4 heteroatoms. The summed E-state index contributed by atoms with van der Waals surface area (Å²) >= 11 is 5.97. The van der Waals surface area contributed by atoms with Gasteiger partial charge in [0.2, 0.25) is 0 Å². The minimum Gasteiger partial charge on any atom is -0.454 e. The van der Waals surface area contributed by atoms with E-state index in [4.69, 9.17) is 22.1 Å². The molecule has 0 unspecified atom stereocenters. The first-order valence-electron chi connectivity index (χ1n) is 6.44. The molecule has 0 aliphatic rings. The van der Waals surface area contributed by atoms with Crippen LogP contribution in [0.2, 0.25) is 5.02 Å². The van der Waals surface area contributed by atoms with Crippen LogP contribution in [0.1, 0.15) is 16.7 Å². The Morgan fingerprint density at radius 2 is 1.80 bits per heavy atom. The van der Waals surface area contributed by atoms with Crippen LogP contribution in [0.4, 0.5) is 4.39 Å². The molecule has 0 amide bonds. The summed E-state index contributed by atoms with van der Waals surface area (Å²) in [7, 11) is 0. The van der Waals surface area contributed by atoms with E-state index in [1.54, 1.807) is 18.2 Å². The Hall–Kier alpha value is -1.58. The minimum atomic E-state index is -0.385. The predicted molar refractivity (Wildman–Crippen MR) is 80.2 cm³/mol. The van der Waals surface area contributed by atoms with Crippen LogP contribution in [-0.4, -0.2) is 6.54 Å². The van der Waals surface area contributed by atoms with Gasteiger partial charge in [-0.15, -0.1) is 0 Å². The number of halogens is 2. The SMILES string of the molecule is Cc1cc(Cl)cc(C)c1Oc1ccc(CCN)cc1F. The lowest BCUT2D eigenvalue weighted by molar-refractivity contribution is 0.436. The Morgan fingerprint density at radius 1 is 1.15 bits per heavy atom. The van der Waals surface area contributed by atoms with Crippen LogP contribution in [0, 0.1) is 19.7 Å². The number of aryl methyl sites for hydroxylation is 2. The van der Waals surface area contributed by atoms with Gasteiger partial charge in [-0.05, 0) is 67.8 Å². The zero-order chi connectivity index (χ0) is 14.7. The number of ether oxygens (including phenoxy) is 1. The second-order valence-electron chi connectivity index (χ2n) is 4.77. The molecule has 2 N–H and O–H groups in total. The fourth-order valence-electron chi connectivity index (χ4n) is 2.12. The molecule has 0 saturated heterocycles. The molecule has 0 saturated carbocycles. The minimum absolute atomic E-state index is 0.208. The number of benzene rings is 2. The van der Waals surface area contributed by atoms with E-state index >= 15 is 0 Å². The fourth-order valence-corrected chi connectivity index (χ4v) is 2.44. The van der Waals surface area contributed by atoms with Crippen molar-refractivity contribution in [3.63, 3.8) is 0 Å². The normalized spacial score (nSPS) is 10.7. The first-order valence-corrected chi connectivity index (χ1v) is 6.82. The molecule has 2 rings (SSSR count). The summed E-state index contributed by atoms with van der Waals surface area (Å²) in [6.45, 7) is 4.26. The Bertz CT molecular complexity index is 605. The molecule has 0 aromatic heterocycles. The zero-order valence-corrected chi connectivity index (χ0v) is 12.3. The van der Waals surface area contributed by atoms with E-state index in [1.165, 1.54) is 6.07 Å². The summed E-state index contributed by atoms with van der Waals surface area (Å²) in [5, 5.41) is 0.645. The van der Waals surface area contributed by atoms with Crippen molar-refractivity contribution in [3.05, 3.63) is 57.9 Å². The van der Waals surface area contributed by atoms with Gasteiger partial charge in [-0.3, -0.25) is 0 Å². The van der Waals surface area contributed by atoms with Crippen molar-refractivity contribution in [2.24, 2.45) is 5.73 Å². The molecule has 106 valence electrons. The van der Waals surface area contributed by atoms with Crippen molar-refractivity contribution in [1.29, 1.82) is 0 Å². The van der Waals surface area contributed by atoms with E-state index < -0.39 is 0 Å². The van der Waals surface area contributed by atoms with E-state index in [2.05, 4.69) is 0 Å². The van der Waals surface area contributed by atoms with Gasteiger partial charge in [0.15, 0.2) is 11.6 Å². The van der Waals surface area contributed by atoms with Gasteiger partial charge >= 0.3 is 0 Å². The molecule has 0 aliphatic heterocycles. The van der Waals surface area contributed by atoms with Gasteiger partial charge in [-0.25, -0.2) is 4.39 Å². The van der Waals surface area contributed by atoms with Crippen LogP contribution in [0.15, 0.2) is 30.3 Å². The maximum Gasteiger partial charge on any atom is 0.165 e. The van der Waals surface area contributed by atoms with Crippen LogP contribution in [0.5, 0.6) is 11.5 Å². The Labute approximate surface area is 123 Å². The highest BCUT2D eigenvalue weighted by Crippen LogP contribution is 2.32. The molecule has 0 bridgehead atoms. The standard InChI is InChI=1S/C16H17ClFNO/c1-10-7-13(17)8-11(2)16(10)20-15-4-3-12(5-6-19)9-14(15)18/h3-4,7-9H,5-6,19H2,1-2H3. The fraction of sp³-hybridized carbons (Fsp3) is 0.250. The first kappa shape index (κ1) is 14.8. The lowest BCUT2D eigenvalue weighted by atomic mass is 10.1. The molecule has 2 nitrogen and oxygen atoms in total. The van der Waals surface area contributed by atoms with Crippen molar-refractivity contribution in [1.82, 2.24) is 0 Å². The largest absolute Gasteiger partial charge is 0.454 e. The van der Waals surface area contributed by atoms with Gasteiger partial charge in [0.05, 0.1) is 0 Å². The second kappa shape index (κ2) is 6.25. The van der Waals surface area contributed by atoms with Crippen LogP contribution in [-0.2, 0) is 6.42 Å². The highest BCUT2D eigenvalue weighted by molar-refractivity contribution is 6.30. The van der Waals surface area contributed by atoms with Crippen molar-refractivity contribution in [2.45, 2.75) is 20.3 Å². The third-order valence-corrected chi connectivity index (χ3v) is 3.28. The topological polar surface area (TPSA) is 35.2 Å². The molecule has 0 heterocycles. The lowest BCUT2D eigenvalue weighted by Gasteiger charge is -2.13. The average molecular weight is 294 g/mol. The van der Waals surface area contributed by atoms with E-state index in [0.29, 0.717) is 23.7 Å². The van der Waals surface area contributed by atoms with Crippen LogP contribution >= 0.6 is 11.6 Å². The van der Waals surface area contributed by atoms with Crippen molar-refractivity contribution < 1.29 is 9.13 Å². The number of nitrogens with two attached hydrogens (primary N) is 1. The van der Waals surface area contributed by atoms with E-state index in [0.717, 1.165) is 16.7 Å². The summed E-state index contributed by atoms with van der Waals surface area (Å²) in [5.41, 5.74) is 8.07. The number of hydrogen-bond acceptors (Lipinski definition) is 2. The third kappa shape index (κ3) is 3.30. The van der Waals surface area contributed by atoms with E-state index in [9.17, 15) is 4.39 Å². The molecule has 0 atom stereocenters. The highest BCUT2D eigenvalue weighted by Gasteiger charge is 2.11. The molecular weight excluding hydrogens is 277 g/mol. The third-order valence-electron chi connectivity index (χ3n) is 3.07. The predicted octanol–water partition coefficient (Wildman–Crippen LogP) is 4.39. The highest BCUT2D eigenvalue weighted by atomic mass is 35.5. The van der Waals surface area contributed by atoms with Crippen LogP contribution in [0.3, 0.4) is 0 Å². The summed E-state index contributed by atoms with van der Waals surface area (Å²) < 4.78 is 19.7. The molecule has 2 aromatic carbocycles. The molecule has 20 heavy (non-hydrogen) atoms. The Balaban J connectivity index is 2.31. The molecule has 0 aliphatic carbocycles. The summed E-state index contributed by atoms with van der Waals surface area (Å²) in [6, 6.07) is 8.51. The zero-order valence-electron chi connectivity index (χ0n) is 11.5. The monoisotopic (exact) mass is 293 g/mol. The van der Waals surface area contributed by atoms with Gasteiger partial charge in [-0.2, -0.15) is 0 Å². The smallest absolute Gasteiger partial charge is 0.165 e. The van der Waals surface area contributed by atoms with E-state index in [1.807, 2.05) is 19.9 Å². The molecule has 0 radical (unpaired) electrons. The van der Waals surface area contributed by atoms with Crippen molar-refractivity contribution >= 4 is 11.6 Å². The quantitative estimate of drug-likeness (QED) is 0.907.